The molecule has 2 aromatic carbocycles. The van der Waals surface area contributed by atoms with Crippen molar-refractivity contribution in [3.05, 3.63) is 41.4 Å². The molecule has 158 valence electrons. The number of rotatable bonds is 8. The average molecular weight is 443 g/mol. The fourth-order valence-electron chi connectivity index (χ4n) is 2.77. The molecule has 0 heterocycles. The number of amides is 1. The smallest absolute Gasteiger partial charge is 0.248 e. The van der Waals surface area contributed by atoms with E-state index in [2.05, 4.69) is 5.32 Å². The molecule has 0 aliphatic heterocycles. The van der Waals surface area contributed by atoms with Crippen LogP contribution >= 0.6 is 11.6 Å². The number of methoxy groups -OCH3 is 3. The van der Waals surface area contributed by atoms with Crippen LogP contribution in [0.5, 0.6) is 17.2 Å². The quantitative estimate of drug-likeness (QED) is 0.674. The Balaban J connectivity index is 2.47. The van der Waals surface area contributed by atoms with Gasteiger partial charge < -0.3 is 19.5 Å². The number of hydrogen-bond donors (Lipinski definition) is 1. The zero-order valence-electron chi connectivity index (χ0n) is 16.7. The molecule has 0 aromatic heterocycles. The van der Waals surface area contributed by atoms with Gasteiger partial charge in [-0.05, 0) is 37.3 Å². The highest BCUT2D eigenvalue weighted by atomic mass is 35.5. The van der Waals surface area contributed by atoms with Crippen molar-refractivity contribution in [2.24, 2.45) is 0 Å². The van der Waals surface area contributed by atoms with Gasteiger partial charge in [-0.3, -0.25) is 9.10 Å². The van der Waals surface area contributed by atoms with Gasteiger partial charge in [0, 0.05) is 11.1 Å². The molecule has 0 saturated heterocycles. The Bertz CT molecular complexity index is 996. The van der Waals surface area contributed by atoms with E-state index in [-0.39, 0.29) is 11.4 Å². The van der Waals surface area contributed by atoms with E-state index in [1.54, 1.807) is 24.3 Å². The van der Waals surface area contributed by atoms with Gasteiger partial charge in [-0.2, -0.15) is 0 Å². The van der Waals surface area contributed by atoms with Gasteiger partial charge in [0.2, 0.25) is 15.9 Å². The van der Waals surface area contributed by atoms with Crippen molar-refractivity contribution >= 4 is 38.9 Å². The van der Waals surface area contributed by atoms with Crippen molar-refractivity contribution < 1.29 is 27.4 Å². The molecule has 0 unspecified atom stereocenters. The standard InChI is InChI=1S/C19H23ClN2O6S/c1-12(19(23)21-15-10-13(20)6-8-17(15)27-3)22(29(5,24)25)16-11-14(26-2)7-9-18(16)28-4/h6-12H,1-5H3,(H,21,23)/t12-/m1/s1. The Hall–Kier alpha value is -2.65. The predicted molar refractivity (Wildman–Crippen MR) is 113 cm³/mol. The number of nitrogens with zero attached hydrogens (tertiary/aromatic N) is 1. The summed E-state index contributed by atoms with van der Waals surface area (Å²) in [7, 11) is 0.461. The average Bonchev–Trinajstić information content (AvgIpc) is 2.67. The molecular formula is C19H23ClN2O6S. The molecule has 0 aliphatic carbocycles. The Morgan fingerprint density at radius 3 is 2.21 bits per heavy atom. The summed E-state index contributed by atoms with van der Waals surface area (Å²) in [6, 6.07) is 8.30. The zero-order valence-corrected chi connectivity index (χ0v) is 18.3. The van der Waals surface area contributed by atoms with Crippen LogP contribution in [0.3, 0.4) is 0 Å². The van der Waals surface area contributed by atoms with Gasteiger partial charge in [0.25, 0.3) is 0 Å². The van der Waals surface area contributed by atoms with Crippen LogP contribution in [-0.2, 0) is 14.8 Å². The monoisotopic (exact) mass is 442 g/mol. The first kappa shape index (κ1) is 22.6. The molecule has 1 atom stereocenters. The van der Waals surface area contributed by atoms with Crippen molar-refractivity contribution in [1.82, 2.24) is 0 Å². The third-order valence-electron chi connectivity index (χ3n) is 4.13. The van der Waals surface area contributed by atoms with Crippen LogP contribution in [0.15, 0.2) is 36.4 Å². The first-order valence-corrected chi connectivity index (χ1v) is 10.7. The van der Waals surface area contributed by atoms with Crippen molar-refractivity contribution in [2.45, 2.75) is 13.0 Å². The molecule has 0 fully saturated rings. The minimum atomic E-state index is -3.86. The maximum absolute atomic E-state index is 12.9. The Labute approximate surface area is 175 Å². The van der Waals surface area contributed by atoms with Crippen LogP contribution in [0.4, 0.5) is 11.4 Å². The first-order valence-electron chi connectivity index (χ1n) is 8.48. The number of benzene rings is 2. The number of halogens is 1. The van der Waals surface area contributed by atoms with Gasteiger partial charge in [0.1, 0.15) is 23.3 Å². The van der Waals surface area contributed by atoms with Crippen molar-refractivity contribution in [3.8, 4) is 17.2 Å². The summed E-state index contributed by atoms with van der Waals surface area (Å²) >= 11 is 6.00. The van der Waals surface area contributed by atoms with Crippen molar-refractivity contribution in [3.63, 3.8) is 0 Å². The first-order chi connectivity index (χ1) is 13.6. The lowest BCUT2D eigenvalue weighted by molar-refractivity contribution is -0.116. The van der Waals surface area contributed by atoms with E-state index in [1.165, 1.54) is 40.4 Å². The molecule has 0 aliphatic rings. The Morgan fingerprint density at radius 1 is 1.03 bits per heavy atom. The molecule has 2 aromatic rings. The third kappa shape index (κ3) is 5.24. The molecule has 0 radical (unpaired) electrons. The maximum Gasteiger partial charge on any atom is 0.248 e. The van der Waals surface area contributed by atoms with Gasteiger partial charge in [-0.15, -0.1) is 0 Å². The fourth-order valence-corrected chi connectivity index (χ4v) is 4.11. The number of carbonyl (C=O) groups is 1. The SMILES string of the molecule is COc1ccc(OC)c(N([C@H](C)C(=O)Nc2cc(Cl)ccc2OC)S(C)(=O)=O)c1. The lowest BCUT2D eigenvalue weighted by Crippen LogP contribution is -2.45. The largest absolute Gasteiger partial charge is 0.497 e. The Morgan fingerprint density at radius 2 is 1.66 bits per heavy atom. The summed E-state index contributed by atoms with van der Waals surface area (Å²) in [6.45, 7) is 1.46. The topological polar surface area (TPSA) is 94.2 Å². The van der Waals surface area contributed by atoms with E-state index in [4.69, 9.17) is 25.8 Å². The van der Waals surface area contributed by atoms with Crippen LogP contribution in [0.25, 0.3) is 0 Å². The second-order valence-electron chi connectivity index (χ2n) is 6.11. The van der Waals surface area contributed by atoms with Gasteiger partial charge in [0.05, 0.1) is 39.0 Å². The molecule has 0 saturated carbocycles. The van der Waals surface area contributed by atoms with Crippen molar-refractivity contribution in [2.75, 3.05) is 37.2 Å². The molecule has 1 N–H and O–H groups in total. The number of ether oxygens (including phenoxy) is 3. The van der Waals surface area contributed by atoms with E-state index in [0.717, 1.165) is 10.6 Å². The second kappa shape index (κ2) is 9.23. The molecule has 0 spiro atoms. The van der Waals surface area contributed by atoms with E-state index >= 15 is 0 Å². The van der Waals surface area contributed by atoms with Crippen LogP contribution in [-0.4, -0.2) is 48.0 Å². The number of nitrogens with one attached hydrogen (secondary N) is 1. The number of sulfonamides is 1. The second-order valence-corrected chi connectivity index (χ2v) is 8.40. The maximum atomic E-state index is 12.9. The van der Waals surface area contributed by atoms with E-state index < -0.39 is 22.0 Å². The number of hydrogen-bond acceptors (Lipinski definition) is 6. The lowest BCUT2D eigenvalue weighted by atomic mass is 10.2. The third-order valence-corrected chi connectivity index (χ3v) is 5.59. The molecule has 8 nitrogen and oxygen atoms in total. The normalized spacial score (nSPS) is 12.1. The Kier molecular flexibility index (Phi) is 7.21. The summed E-state index contributed by atoms with van der Waals surface area (Å²) in [6.07, 6.45) is 1.01. The highest BCUT2D eigenvalue weighted by molar-refractivity contribution is 7.92. The highest BCUT2D eigenvalue weighted by Crippen LogP contribution is 2.35. The number of carbonyl (C=O) groups excluding carboxylic acids is 1. The molecule has 0 bridgehead atoms. The van der Waals surface area contributed by atoms with E-state index in [9.17, 15) is 13.2 Å². The van der Waals surface area contributed by atoms with Gasteiger partial charge in [-0.25, -0.2) is 8.42 Å². The summed E-state index contributed by atoms with van der Waals surface area (Å²) in [5, 5.41) is 3.06. The van der Waals surface area contributed by atoms with Crippen LogP contribution in [0, 0.1) is 0 Å². The summed E-state index contributed by atoms with van der Waals surface area (Å²) in [5.74, 6) is 0.496. The molecule has 29 heavy (non-hydrogen) atoms. The summed E-state index contributed by atoms with van der Waals surface area (Å²) in [5.41, 5.74) is 0.498. The lowest BCUT2D eigenvalue weighted by Gasteiger charge is -2.29. The molecule has 1 amide bonds. The van der Waals surface area contributed by atoms with Crippen LogP contribution in [0.2, 0.25) is 5.02 Å². The molecule has 2 rings (SSSR count). The van der Waals surface area contributed by atoms with Gasteiger partial charge in [0.15, 0.2) is 0 Å². The molecule has 10 heteroatoms. The van der Waals surface area contributed by atoms with Gasteiger partial charge >= 0.3 is 0 Å². The molecular weight excluding hydrogens is 420 g/mol. The minimum Gasteiger partial charge on any atom is -0.497 e. The van der Waals surface area contributed by atoms with Crippen molar-refractivity contribution in [1.29, 1.82) is 0 Å². The van der Waals surface area contributed by atoms with Gasteiger partial charge in [-0.1, -0.05) is 11.6 Å². The fraction of sp³-hybridized carbons (Fsp3) is 0.316. The predicted octanol–water partition coefficient (Wildman–Crippen LogP) is 3.16. The zero-order chi connectivity index (χ0) is 21.8. The van der Waals surface area contributed by atoms with Crippen LogP contribution in [0.1, 0.15) is 6.92 Å². The number of anilines is 2. The minimum absolute atomic E-state index is 0.176. The summed E-state index contributed by atoms with van der Waals surface area (Å²) < 4.78 is 41.8. The summed E-state index contributed by atoms with van der Waals surface area (Å²) in [4.78, 5) is 12.9. The van der Waals surface area contributed by atoms with E-state index in [1.807, 2.05) is 0 Å². The highest BCUT2D eigenvalue weighted by Gasteiger charge is 2.32. The van der Waals surface area contributed by atoms with Crippen LogP contribution < -0.4 is 23.8 Å². The van der Waals surface area contributed by atoms with E-state index in [0.29, 0.717) is 22.2 Å².